The van der Waals surface area contributed by atoms with Crippen LogP contribution in [0, 0.1) is 0 Å². The highest BCUT2D eigenvalue weighted by molar-refractivity contribution is 5.88. The summed E-state index contributed by atoms with van der Waals surface area (Å²) in [4.78, 5) is 23.0. The highest BCUT2D eigenvalue weighted by Gasteiger charge is 2.07. The van der Waals surface area contributed by atoms with Gasteiger partial charge >= 0.3 is 11.9 Å². The second-order valence-electron chi connectivity index (χ2n) is 5.44. The second-order valence-corrected chi connectivity index (χ2v) is 5.44. The van der Waals surface area contributed by atoms with Gasteiger partial charge in [-0.05, 0) is 42.3 Å². The van der Waals surface area contributed by atoms with E-state index in [0.29, 0.717) is 23.7 Å². The molecule has 0 radical (unpaired) electrons. The van der Waals surface area contributed by atoms with Crippen LogP contribution >= 0.6 is 0 Å². The summed E-state index contributed by atoms with van der Waals surface area (Å²) in [5.41, 5.74) is 2.25. The lowest BCUT2D eigenvalue weighted by molar-refractivity contribution is -0.135. The van der Waals surface area contributed by atoms with Gasteiger partial charge in [-0.1, -0.05) is 30.8 Å². The van der Waals surface area contributed by atoms with E-state index in [1.54, 1.807) is 31.2 Å². The Labute approximate surface area is 146 Å². The van der Waals surface area contributed by atoms with E-state index in [2.05, 4.69) is 6.58 Å². The van der Waals surface area contributed by atoms with E-state index < -0.39 is 5.97 Å². The van der Waals surface area contributed by atoms with Crippen molar-refractivity contribution in [3.05, 3.63) is 60.7 Å². The van der Waals surface area contributed by atoms with Crippen LogP contribution in [0.3, 0.4) is 0 Å². The number of ether oxygens (including phenoxy) is 3. The zero-order valence-electron chi connectivity index (χ0n) is 14.3. The van der Waals surface area contributed by atoms with Crippen molar-refractivity contribution in [3.8, 4) is 22.6 Å². The Morgan fingerprint density at radius 3 is 1.80 bits per heavy atom. The van der Waals surface area contributed by atoms with Gasteiger partial charge < -0.3 is 14.2 Å². The summed E-state index contributed by atoms with van der Waals surface area (Å²) in [7, 11) is 1.53. The lowest BCUT2D eigenvalue weighted by Gasteiger charge is -2.07. The molecule has 2 rings (SSSR count). The molecule has 0 bridgehead atoms. The third-order valence-electron chi connectivity index (χ3n) is 3.34. The zero-order valence-corrected chi connectivity index (χ0v) is 14.3. The summed E-state index contributed by atoms with van der Waals surface area (Å²) in [6.07, 6.45) is 0.211. The van der Waals surface area contributed by atoms with E-state index in [-0.39, 0.29) is 12.4 Å². The van der Waals surface area contributed by atoms with Gasteiger partial charge in [-0.25, -0.2) is 4.79 Å². The van der Waals surface area contributed by atoms with Crippen LogP contribution < -0.4 is 9.47 Å². The Balaban J connectivity index is 2.01. The van der Waals surface area contributed by atoms with Crippen LogP contribution in [0.25, 0.3) is 11.1 Å². The average molecular weight is 340 g/mol. The van der Waals surface area contributed by atoms with Crippen molar-refractivity contribution in [2.45, 2.75) is 13.3 Å². The Bertz CT molecular complexity index is 745. The molecule has 0 spiro atoms. The molecule has 0 fully saturated rings. The molecule has 2 aromatic carbocycles. The van der Waals surface area contributed by atoms with Crippen molar-refractivity contribution in [2.24, 2.45) is 0 Å². The minimum absolute atomic E-state index is 0.211. The molecule has 0 amide bonds. The van der Waals surface area contributed by atoms with Crippen LogP contribution in [0.15, 0.2) is 60.7 Å². The summed E-state index contributed by atoms with van der Waals surface area (Å²) >= 11 is 0. The Kier molecular flexibility index (Phi) is 6.48. The molecule has 0 aliphatic heterocycles. The number of hydrogen-bond acceptors (Lipinski definition) is 5. The topological polar surface area (TPSA) is 61.8 Å². The molecule has 0 N–H and O–H groups in total. The summed E-state index contributed by atoms with van der Waals surface area (Å²) in [6, 6.07) is 14.3. The predicted octanol–water partition coefficient (Wildman–Crippen LogP) is 3.78. The van der Waals surface area contributed by atoms with Gasteiger partial charge in [-0.3, -0.25) is 4.79 Å². The maximum atomic E-state index is 11.5. The fourth-order valence-corrected chi connectivity index (χ4v) is 1.99. The number of carbonyl (C=O) groups excluding carboxylic acids is 2. The van der Waals surface area contributed by atoms with E-state index in [4.69, 9.17) is 14.2 Å². The summed E-state index contributed by atoms with van der Waals surface area (Å²) in [5.74, 6) is 0.156. The van der Waals surface area contributed by atoms with Crippen LogP contribution in [-0.2, 0) is 14.3 Å². The molecule has 0 unspecified atom stereocenters. The molecule has 25 heavy (non-hydrogen) atoms. The number of rotatable bonds is 7. The van der Waals surface area contributed by atoms with Gasteiger partial charge in [-0.15, -0.1) is 0 Å². The van der Waals surface area contributed by atoms with Crippen molar-refractivity contribution in [1.82, 2.24) is 0 Å². The highest BCUT2D eigenvalue weighted by Crippen LogP contribution is 2.25. The molecule has 0 aliphatic carbocycles. The van der Waals surface area contributed by atoms with E-state index in [1.165, 1.54) is 7.11 Å². The highest BCUT2D eigenvalue weighted by atomic mass is 16.5. The first-order chi connectivity index (χ1) is 12.0. The molecule has 0 heterocycles. The van der Waals surface area contributed by atoms with Gasteiger partial charge in [-0.2, -0.15) is 0 Å². The number of esters is 2. The normalized spacial score (nSPS) is 10.2. The fourth-order valence-electron chi connectivity index (χ4n) is 1.99. The molecule has 0 saturated heterocycles. The Morgan fingerprint density at radius 1 is 0.880 bits per heavy atom. The molecule has 2 aromatic rings. The fraction of sp³-hybridized carbons (Fsp3) is 0.200. The first kappa shape index (κ1) is 18.4. The second kappa shape index (κ2) is 8.80. The van der Waals surface area contributed by atoms with Gasteiger partial charge in [0, 0.05) is 12.7 Å². The lowest BCUT2D eigenvalue weighted by Crippen LogP contribution is -2.10. The minimum atomic E-state index is -0.451. The first-order valence-corrected chi connectivity index (χ1v) is 7.77. The van der Waals surface area contributed by atoms with Crippen molar-refractivity contribution >= 4 is 11.9 Å². The predicted molar refractivity (Wildman–Crippen MR) is 94.5 cm³/mol. The van der Waals surface area contributed by atoms with Gasteiger partial charge in [0.2, 0.25) is 0 Å². The molecule has 5 heteroatoms. The molecule has 0 atom stereocenters. The van der Waals surface area contributed by atoms with E-state index >= 15 is 0 Å². The largest absolute Gasteiger partial charge is 0.426 e. The quantitative estimate of drug-likeness (QED) is 0.436. The van der Waals surface area contributed by atoms with Gasteiger partial charge in [0.05, 0.1) is 13.0 Å². The van der Waals surface area contributed by atoms with Crippen LogP contribution in [0.1, 0.15) is 13.3 Å². The maximum Gasteiger partial charge on any atom is 0.338 e. The molecule has 0 saturated carbocycles. The molecular weight excluding hydrogens is 320 g/mol. The van der Waals surface area contributed by atoms with Crippen molar-refractivity contribution in [2.75, 3.05) is 13.7 Å². The monoisotopic (exact) mass is 340 g/mol. The van der Waals surface area contributed by atoms with E-state index in [1.807, 2.05) is 24.3 Å². The van der Waals surface area contributed by atoms with Crippen LogP contribution in [0.2, 0.25) is 0 Å². The molecule has 0 aromatic heterocycles. The SMILES string of the molecule is C=C(C)C(=O)Oc1ccc(-c2ccc(OC(=O)CCOC)cc2)cc1. The summed E-state index contributed by atoms with van der Waals surface area (Å²) in [6.45, 7) is 5.47. The smallest absolute Gasteiger partial charge is 0.338 e. The Hall–Kier alpha value is -2.92. The van der Waals surface area contributed by atoms with Crippen molar-refractivity contribution < 1.29 is 23.8 Å². The molecular formula is C20H20O5. The molecule has 0 aliphatic rings. The standard InChI is InChI=1S/C20H20O5/c1-14(2)20(22)25-18-10-6-16(7-11-18)15-4-8-17(9-5-15)24-19(21)12-13-23-3/h4-11H,1,12-13H2,2-3H3. The maximum absolute atomic E-state index is 11.5. The van der Waals surface area contributed by atoms with E-state index in [9.17, 15) is 9.59 Å². The number of benzene rings is 2. The van der Waals surface area contributed by atoms with Crippen LogP contribution in [-0.4, -0.2) is 25.7 Å². The lowest BCUT2D eigenvalue weighted by atomic mass is 10.1. The van der Waals surface area contributed by atoms with Crippen LogP contribution in [0.4, 0.5) is 0 Å². The molecule has 5 nitrogen and oxygen atoms in total. The van der Waals surface area contributed by atoms with Crippen molar-refractivity contribution in [3.63, 3.8) is 0 Å². The minimum Gasteiger partial charge on any atom is -0.426 e. The summed E-state index contributed by atoms with van der Waals surface area (Å²) in [5, 5.41) is 0. The van der Waals surface area contributed by atoms with Crippen LogP contribution in [0.5, 0.6) is 11.5 Å². The van der Waals surface area contributed by atoms with Gasteiger partial charge in [0.15, 0.2) is 0 Å². The Morgan fingerprint density at radius 2 is 1.36 bits per heavy atom. The van der Waals surface area contributed by atoms with Crippen molar-refractivity contribution in [1.29, 1.82) is 0 Å². The summed E-state index contributed by atoms with van der Waals surface area (Å²) < 4.78 is 15.2. The first-order valence-electron chi connectivity index (χ1n) is 7.77. The van der Waals surface area contributed by atoms with Gasteiger partial charge in [0.1, 0.15) is 11.5 Å². The third-order valence-corrected chi connectivity index (χ3v) is 3.34. The third kappa shape index (κ3) is 5.58. The van der Waals surface area contributed by atoms with E-state index in [0.717, 1.165) is 11.1 Å². The average Bonchev–Trinajstić information content (AvgIpc) is 2.61. The van der Waals surface area contributed by atoms with Gasteiger partial charge in [0.25, 0.3) is 0 Å². The number of carbonyl (C=O) groups is 2. The zero-order chi connectivity index (χ0) is 18.2. The number of hydrogen-bond donors (Lipinski definition) is 0. The number of methoxy groups -OCH3 is 1. The molecule has 130 valence electrons.